The number of anilines is 1. The van der Waals surface area contributed by atoms with Crippen LogP contribution in [0.15, 0.2) is 12.1 Å². The van der Waals surface area contributed by atoms with Crippen molar-refractivity contribution in [2.45, 2.75) is 19.8 Å². The van der Waals surface area contributed by atoms with Gasteiger partial charge < -0.3 is 14.7 Å². The van der Waals surface area contributed by atoms with Crippen LogP contribution < -0.4 is 4.90 Å². The van der Waals surface area contributed by atoms with Crippen molar-refractivity contribution in [3.8, 4) is 0 Å². The van der Waals surface area contributed by atoms with E-state index in [4.69, 9.17) is 0 Å². The topological polar surface area (TPSA) is 43.9 Å². The minimum atomic E-state index is -0.0549. The largest absolute Gasteiger partial charge is 0.331 e. The number of carbonyl (C=O) groups excluding carboxylic acids is 2. The molecular weight excluding hydrogens is 286 g/mol. The van der Waals surface area contributed by atoms with E-state index in [1.54, 1.807) is 30.3 Å². The zero-order valence-electron chi connectivity index (χ0n) is 12.8. The minimum Gasteiger partial charge on any atom is -0.331 e. The highest BCUT2D eigenvalue weighted by molar-refractivity contribution is 7.16. The van der Waals surface area contributed by atoms with Crippen LogP contribution in [0.4, 0.5) is 9.80 Å². The Labute approximate surface area is 129 Å². The molecule has 0 N–H and O–H groups in total. The third-order valence-corrected chi connectivity index (χ3v) is 5.43. The Hall–Kier alpha value is -1.56. The molecule has 0 radical (unpaired) electrons. The summed E-state index contributed by atoms with van der Waals surface area (Å²) >= 11 is 1.66. The molecule has 5 nitrogen and oxygen atoms in total. The molecule has 1 spiro atoms. The highest BCUT2D eigenvalue weighted by Crippen LogP contribution is 2.43. The predicted molar refractivity (Wildman–Crippen MR) is 83.7 cm³/mol. The average Bonchev–Trinajstić information content (AvgIpc) is 3.09. The summed E-state index contributed by atoms with van der Waals surface area (Å²) in [6, 6.07) is 4.12. The summed E-state index contributed by atoms with van der Waals surface area (Å²) in [6.07, 6.45) is 1.47. The number of aryl methyl sites for hydroxylation is 1. The summed E-state index contributed by atoms with van der Waals surface area (Å²) in [4.78, 5) is 31.1. The number of likely N-dealkylation sites (tertiary alicyclic amines) is 1. The molecule has 1 atom stereocenters. The first-order valence-corrected chi connectivity index (χ1v) is 8.05. The van der Waals surface area contributed by atoms with E-state index < -0.39 is 0 Å². The molecule has 1 aromatic rings. The zero-order valence-corrected chi connectivity index (χ0v) is 13.6. The molecule has 0 saturated carbocycles. The van der Waals surface area contributed by atoms with Crippen molar-refractivity contribution in [1.29, 1.82) is 0 Å². The molecule has 6 heteroatoms. The second-order valence-electron chi connectivity index (χ2n) is 6.39. The molecule has 0 aliphatic carbocycles. The number of rotatable bonds is 1. The maximum absolute atomic E-state index is 12.4. The summed E-state index contributed by atoms with van der Waals surface area (Å²) in [6.45, 7) is 4.23. The Balaban J connectivity index is 1.74. The fourth-order valence-corrected chi connectivity index (χ4v) is 4.20. The van der Waals surface area contributed by atoms with Gasteiger partial charge in [-0.1, -0.05) is 0 Å². The lowest BCUT2D eigenvalue weighted by Crippen LogP contribution is -2.39. The maximum Gasteiger partial charge on any atom is 0.319 e. The smallest absolute Gasteiger partial charge is 0.319 e. The summed E-state index contributed by atoms with van der Waals surface area (Å²) in [5.41, 5.74) is -0.0549. The molecule has 2 saturated heterocycles. The number of amides is 3. The van der Waals surface area contributed by atoms with Crippen LogP contribution in [0, 0.1) is 12.3 Å². The minimum absolute atomic E-state index is 0.0461. The first-order chi connectivity index (χ1) is 9.90. The van der Waals surface area contributed by atoms with Crippen molar-refractivity contribution in [2.75, 3.05) is 38.6 Å². The van der Waals surface area contributed by atoms with Crippen LogP contribution in [0.25, 0.3) is 0 Å². The van der Waals surface area contributed by atoms with Crippen LogP contribution in [0.3, 0.4) is 0 Å². The second-order valence-corrected chi connectivity index (χ2v) is 7.66. The van der Waals surface area contributed by atoms with E-state index in [1.807, 2.05) is 15.9 Å². The second kappa shape index (κ2) is 5.02. The monoisotopic (exact) mass is 307 g/mol. The van der Waals surface area contributed by atoms with E-state index in [-0.39, 0.29) is 17.4 Å². The van der Waals surface area contributed by atoms with Gasteiger partial charge in [0, 0.05) is 50.4 Å². The normalized spacial score (nSPS) is 25.2. The number of carbonyl (C=O) groups is 2. The molecule has 2 fully saturated rings. The first-order valence-electron chi connectivity index (χ1n) is 7.23. The van der Waals surface area contributed by atoms with Gasteiger partial charge in [0.25, 0.3) is 0 Å². The Morgan fingerprint density at radius 1 is 1.33 bits per heavy atom. The maximum atomic E-state index is 12.4. The van der Waals surface area contributed by atoms with Crippen LogP contribution in [0.1, 0.15) is 17.7 Å². The lowest BCUT2D eigenvalue weighted by Gasteiger charge is -2.25. The van der Waals surface area contributed by atoms with E-state index in [1.165, 1.54) is 4.88 Å². The molecule has 0 unspecified atom stereocenters. The van der Waals surface area contributed by atoms with Crippen molar-refractivity contribution >= 4 is 28.3 Å². The van der Waals surface area contributed by atoms with Crippen LogP contribution in [0.5, 0.6) is 0 Å². The van der Waals surface area contributed by atoms with Crippen molar-refractivity contribution in [1.82, 2.24) is 9.80 Å². The predicted octanol–water partition coefficient (Wildman–Crippen LogP) is 2.17. The SMILES string of the molecule is Cc1ccc(N2C[C@]3(CCN(C(=O)N(C)C)C3)CC2=O)s1. The molecule has 0 aromatic carbocycles. The Morgan fingerprint density at radius 3 is 2.71 bits per heavy atom. The third kappa shape index (κ3) is 2.52. The third-order valence-electron chi connectivity index (χ3n) is 4.40. The molecule has 114 valence electrons. The van der Waals surface area contributed by atoms with Crippen LogP contribution in [-0.4, -0.2) is 55.5 Å². The summed E-state index contributed by atoms with van der Waals surface area (Å²) in [7, 11) is 3.54. The molecule has 3 amide bonds. The Kier molecular flexibility index (Phi) is 3.43. The molecule has 3 rings (SSSR count). The number of hydrogen-bond donors (Lipinski definition) is 0. The summed E-state index contributed by atoms with van der Waals surface area (Å²) in [5, 5.41) is 1.03. The van der Waals surface area contributed by atoms with Crippen molar-refractivity contribution < 1.29 is 9.59 Å². The highest BCUT2D eigenvalue weighted by Gasteiger charge is 2.49. The van der Waals surface area contributed by atoms with Gasteiger partial charge in [0.05, 0.1) is 5.00 Å². The summed E-state index contributed by atoms with van der Waals surface area (Å²) in [5.74, 6) is 0.191. The lowest BCUT2D eigenvalue weighted by atomic mass is 9.86. The van der Waals surface area contributed by atoms with Gasteiger partial charge in [-0.3, -0.25) is 4.79 Å². The van der Waals surface area contributed by atoms with Crippen LogP contribution >= 0.6 is 11.3 Å². The standard InChI is InChI=1S/C15H21N3O2S/c1-11-4-5-13(21-11)18-10-15(8-12(18)19)6-7-17(9-15)14(20)16(2)3/h4-5H,6-10H2,1-3H3/t15-/m1/s1. The van der Waals surface area contributed by atoms with Gasteiger partial charge in [-0.25, -0.2) is 4.79 Å². The van der Waals surface area contributed by atoms with Gasteiger partial charge in [0.2, 0.25) is 5.91 Å². The average molecular weight is 307 g/mol. The van der Waals surface area contributed by atoms with E-state index in [9.17, 15) is 9.59 Å². The van der Waals surface area contributed by atoms with Crippen molar-refractivity contribution in [3.63, 3.8) is 0 Å². The summed E-state index contributed by atoms with van der Waals surface area (Å²) < 4.78 is 0. The molecule has 1 aromatic heterocycles. The van der Waals surface area contributed by atoms with E-state index >= 15 is 0 Å². The van der Waals surface area contributed by atoms with E-state index in [0.717, 1.165) is 24.5 Å². The van der Waals surface area contributed by atoms with Gasteiger partial charge in [-0.05, 0) is 25.5 Å². The Morgan fingerprint density at radius 2 is 2.10 bits per heavy atom. The first kappa shape index (κ1) is 14.4. The van der Waals surface area contributed by atoms with Gasteiger partial charge in [-0.2, -0.15) is 0 Å². The quantitative estimate of drug-likeness (QED) is 0.798. The van der Waals surface area contributed by atoms with Crippen LogP contribution in [-0.2, 0) is 4.79 Å². The molecular formula is C15H21N3O2S. The van der Waals surface area contributed by atoms with Gasteiger partial charge >= 0.3 is 6.03 Å². The number of nitrogens with zero attached hydrogens (tertiary/aromatic N) is 3. The van der Waals surface area contributed by atoms with Gasteiger partial charge in [0.1, 0.15) is 0 Å². The molecule has 3 heterocycles. The highest BCUT2D eigenvalue weighted by atomic mass is 32.1. The van der Waals surface area contributed by atoms with Gasteiger partial charge in [-0.15, -0.1) is 11.3 Å². The fraction of sp³-hybridized carbons (Fsp3) is 0.600. The van der Waals surface area contributed by atoms with Crippen molar-refractivity contribution in [3.05, 3.63) is 17.0 Å². The molecule has 2 aliphatic rings. The van der Waals surface area contributed by atoms with E-state index in [2.05, 4.69) is 13.0 Å². The number of hydrogen-bond acceptors (Lipinski definition) is 3. The van der Waals surface area contributed by atoms with Crippen molar-refractivity contribution in [2.24, 2.45) is 5.41 Å². The molecule has 21 heavy (non-hydrogen) atoms. The Bertz CT molecular complexity index is 583. The zero-order chi connectivity index (χ0) is 15.2. The van der Waals surface area contributed by atoms with E-state index in [0.29, 0.717) is 13.0 Å². The fourth-order valence-electron chi connectivity index (χ4n) is 3.32. The number of thiophene rings is 1. The van der Waals surface area contributed by atoms with Gasteiger partial charge in [0.15, 0.2) is 0 Å². The molecule has 0 bridgehead atoms. The molecule has 2 aliphatic heterocycles. The number of urea groups is 1. The van der Waals surface area contributed by atoms with Crippen LogP contribution in [0.2, 0.25) is 0 Å². The lowest BCUT2D eigenvalue weighted by molar-refractivity contribution is -0.117.